The highest BCUT2D eigenvalue weighted by atomic mass is 19.4. The molecule has 2 rings (SSSR count). The number of nitrogens with zero attached hydrogens (tertiary/aromatic N) is 2. The molecule has 0 aromatic rings. The third-order valence-electron chi connectivity index (χ3n) is 4.56. The summed E-state index contributed by atoms with van der Waals surface area (Å²) in [7, 11) is 2.06. The Morgan fingerprint density at radius 2 is 2.05 bits per heavy atom. The van der Waals surface area contributed by atoms with Gasteiger partial charge in [-0.2, -0.15) is 13.2 Å². The van der Waals surface area contributed by atoms with Crippen LogP contribution in [-0.2, 0) is 4.79 Å². The Morgan fingerprint density at radius 1 is 1.35 bits per heavy atom. The fourth-order valence-corrected chi connectivity index (χ4v) is 3.47. The third-order valence-corrected chi connectivity index (χ3v) is 4.56. The second kappa shape index (κ2) is 5.89. The molecule has 2 aliphatic heterocycles. The summed E-state index contributed by atoms with van der Waals surface area (Å²) in [6.45, 7) is 1.74. The normalized spacial score (nSPS) is 30.8. The number of hydrogen-bond acceptors (Lipinski definition) is 3. The molecule has 2 heterocycles. The molecule has 3 atom stereocenters. The average molecular weight is 294 g/mol. The van der Waals surface area contributed by atoms with Crippen LogP contribution in [0.3, 0.4) is 0 Å². The van der Waals surface area contributed by atoms with Gasteiger partial charge in [-0.1, -0.05) is 0 Å². The van der Waals surface area contributed by atoms with Gasteiger partial charge >= 0.3 is 12.1 Å². The van der Waals surface area contributed by atoms with Gasteiger partial charge in [-0.05, 0) is 45.3 Å². The van der Waals surface area contributed by atoms with E-state index in [0.29, 0.717) is 25.0 Å². The first-order chi connectivity index (χ1) is 9.29. The van der Waals surface area contributed by atoms with Gasteiger partial charge in [0.05, 0.1) is 0 Å². The summed E-state index contributed by atoms with van der Waals surface area (Å²) in [6, 6.07) is 0.439. The number of rotatable bonds is 3. The van der Waals surface area contributed by atoms with Crippen molar-refractivity contribution in [2.75, 3.05) is 33.2 Å². The minimum Gasteiger partial charge on any atom is -0.481 e. The molecule has 116 valence electrons. The number of halogens is 3. The highest BCUT2D eigenvalue weighted by Gasteiger charge is 2.47. The zero-order valence-electron chi connectivity index (χ0n) is 11.6. The van der Waals surface area contributed by atoms with Crippen LogP contribution in [0.25, 0.3) is 0 Å². The van der Waals surface area contributed by atoms with Gasteiger partial charge in [0.2, 0.25) is 0 Å². The van der Waals surface area contributed by atoms with E-state index >= 15 is 0 Å². The summed E-state index contributed by atoms with van der Waals surface area (Å²) in [5.41, 5.74) is 0. The highest BCUT2D eigenvalue weighted by Crippen LogP contribution is 2.32. The van der Waals surface area contributed by atoms with Crippen molar-refractivity contribution in [1.29, 1.82) is 0 Å². The van der Waals surface area contributed by atoms with Crippen LogP contribution in [0.2, 0.25) is 0 Å². The predicted octanol–water partition coefficient (Wildman–Crippen LogP) is 1.67. The number of alkyl halides is 3. The van der Waals surface area contributed by atoms with E-state index in [9.17, 15) is 18.0 Å². The number of carboxylic acid groups (broad SMARTS) is 1. The van der Waals surface area contributed by atoms with Gasteiger partial charge < -0.3 is 14.9 Å². The first-order valence-corrected chi connectivity index (χ1v) is 7.01. The summed E-state index contributed by atoms with van der Waals surface area (Å²) in [6.07, 6.45) is -1.76. The number of carbonyl (C=O) groups is 1. The van der Waals surface area contributed by atoms with E-state index in [1.165, 1.54) is 0 Å². The Morgan fingerprint density at radius 3 is 2.65 bits per heavy atom. The molecule has 0 aliphatic carbocycles. The molecule has 2 aliphatic rings. The maximum absolute atomic E-state index is 12.7. The number of piperidine rings is 2. The SMILES string of the molecule is CN1CCCC2CN(CC(C(=O)O)C(F)(F)F)CCC21. The Bertz CT molecular complexity index is 362. The van der Waals surface area contributed by atoms with Crippen molar-refractivity contribution < 1.29 is 23.1 Å². The Hall–Kier alpha value is -0.820. The lowest BCUT2D eigenvalue weighted by molar-refractivity contribution is -0.197. The van der Waals surface area contributed by atoms with E-state index in [-0.39, 0.29) is 0 Å². The molecule has 0 spiro atoms. The highest BCUT2D eigenvalue weighted by molar-refractivity contribution is 5.71. The minimum atomic E-state index is -4.67. The number of carboxylic acids is 1. The van der Waals surface area contributed by atoms with Gasteiger partial charge in [0.25, 0.3) is 0 Å². The van der Waals surface area contributed by atoms with E-state index in [1.54, 1.807) is 4.90 Å². The van der Waals surface area contributed by atoms with Crippen LogP contribution < -0.4 is 0 Å². The molecule has 4 nitrogen and oxygen atoms in total. The van der Waals surface area contributed by atoms with Gasteiger partial charge in [-0.3, -0.25) is 4.79 Å². The molecule has 0 radical (unpaired) electrons. The van der Waals surface area contributed by atoms with Gasteiger partial charge in [-0.15, -0.1) is 0 Å². The number of aliphatic carboxylic acids is 1. The van der Waals surface area contributed by atoms with Crippen LogP contribution in [0.5, 0.6) is 0 Å². The Balaban J connectivity index is 1.96. The molecule has 2 fully saturated rings. The molecule has 0 aromatic carbocycles. The van der Waals surface area contributed by atoms with Crippen LogP contribution in [-0.4, -0.2) is 66.3 Å². The average Bonchev–Trinajstić information content (AvgIpc) is 2.34. The molecule has 3 unspecified atom stereocenters. The van der Waals surface area contributed by atoms with Crippen LogP contribution in [0, 0.1) is 11.8 Å². The largest absolute Gasteiger partial charge is 0.481 e. The van der Waals surface area contributed by atoms with E-state index in [1.807, 2.05) is 0 Å². The molecule has 2 saturated heterocycles. The van der Waals surface area contributed by atoms with E-state index in [2.05, 4.69) is 11.9 Å². The molecule has 0 saturated carbocycles. The molecule has 7 heteroatoms. The Labute approximate surface area is 116 Å². The van der Waals surface area contributed by atoms with Crippen molar-refractivity contribution in [2.24, 2.45) is 11.8 Å². The van der Waals surface area contributed by atoms with Gasteiger partial charge in [0, 0.05) is 19.1 Å². The summed E-state index contributed by atoms with van der Waals surface area (Å²) in [4.78, 5) is 14.8. The van der Waals surface area contributed by atoms with Crippen molar-refractivity contribution in [3.63, 3.8) is 0 Å². The van der Waals surface area contributed by atoms with Gasteiger partial charge in [-0.25, -0.2) is 0 Å². The lowest BCUT2D eigenvalue weighted by atomic mass is 9.84. The lowest BCUT2D eigenvalue weighted by Crippen LogP contribution is -2.54. The van der Waals surface area contributed by atoms with E-state index in [4.69, 9.17) is 5.11 Å². The van der Waals surface area contributed by atoms with Crippen LogP contribution in [0.1, 0.15) is 19.3 Å². The third kappa shape index (κ3) is 3.44. The second-order valence-electron chi connectivity index (χ2n) is 5.93. The van der Waals surface area contributed by atoms with E-state index < -0.39 is 24.6 Å². The standard InChI is InChI=1S/C13H21F3N2O2/c1-17-5-2-3-9-7-18(6-4-11(9)17)8-10(12(19)20)13(14,15)16/h9-11H,2-8H2,1H3,(H,19,20). The molecular weight excluding hydrogens is 273 g/mol. The smallest absolute Gasteiger partial charge is 0.403 e. The minimum absolute atomic E-state index is 0.366. The maximum Gasteiger partial charge on any atom is 0.403 e. The number of likely N-dealkylation sites (tertiary alicyclic amines) is 2. The molecular formula is C13H21F3N2O2. The first-order valence-electron chi connectivity index (χ1n) is 7.01. The maximum atomic E-state index is 12.7. The van der Waals surface area contributed by atoms with E-state index in [0.717, 1.165) is 25.8 Å². The summed E-state index contributed by atoms with van der Waals surface area (Å²) >= 11 is 0. The van der Waals surface area contributed by atoms with Crippen LogP contribution in [0.15, 0.2) is 0 Å². The van der Waals surface area contributed by atoms with Crippen molar-refractivity contribution in [3.05, 3.63) is 0 Å². The molecule has 0 bridgehead atoms. The molecule has 1 N–H and O–H groups in total. The monoisotopic (exact) mass is 294 g/mol. The summed E-state index contributed by atoms with van der Waals surface area (Å²) < 4.78 is 38.1. The summed E-state index contributed by atoms with van der Waals surface area (Å²) in [5, 5.41) is 8.76. The topological polar surface area (TPSA) is 43.8 Å². The zero-order chi connectivity index (χ0) is 14.9. The molecule has 0 amide bonds. The van der Waals surface area contributed by atoms with Gasteiger partial charge in [0.1, 0.15) is 0 Å². The first kappa shape index (κ1) is 15.6. The van der Waals surface area contributed by atoms with Crippen molar-refractivity contribution in [2.45, 2.75) is 31.5 Å². The van der Waals surface area contributed by atoms with Crippen molar-refractivity contribution in [3.8, 4) is 0 Å². The van der Waals surface area contributed by atoms with Crippen LogP contribution in [0.4, 0.5) is 13.2 Å². The zero-order valence-corrected chi connectivity index (χ0v) is 11.6. The van der Waals surface area contributed by atoms with Crippen LogP contribution >= 0.6 is 0 Å². The summed E-state index contributed by atoms with van der Waals surface area (Å²) in [5.74, 6) is -3.69. The van der Waals surface area contributed by atoms with Crippen molar-refractivity contribution >= 4 is 5.97 Å². The van der Waals surface area contributed by atoms with Crippen molar-refractivity contribution in [1.82, 2.24) is 9.80 Å². The number of fused-ring (bicyclic) bond motifs is 1. The quantitative estimate of drug-likeness (QED) is 0.860. The Kier molecular flexibility index (Phi) is 4.59. The molecule has 0 aromatic heterocycles. The second-order valence-corrected chi connectivity index (χ2v) is 5.93. The number of hydrogen-bond donors (Lipinski definition) is 1. The fraction of sp³-hybridized carbons (Fsp3) is 0.923. The van der Waals surface area contributed by atoms with Gasteiger partial charge in [0.15, 0.2) is 5.92 Å². The fourth-order valence-electron chi connectivity index (χ4n) is 3.47. The predicted molar refractivity (Wildman–Crippen MR) is 67.4 cm³/mol. The lowest BCUT2D eigenvalue weighted by Gasteiger charge is -2.46. The molecule has 20 heavy (non-hydrogen) atoms.